The molecule has 2 aromatic rings. The highest BCUT2D eigenvalue weighted by atomic mass is 16.5. The summed E-state index contributed by atoms with van der Waals surface area (Å²) in [6.45, 7) is 4.96. The van der Waals surface area contributed by atoms with Gasteiger partial charge in [-0.3, -0.25) is 0 Å². The summed E-state index contributed by atoms with van der Waals surface area (Å²) in [5.41, 5.74) is 1.81. The Morgan fingerprint density at radius 1 is 1.32 bits per heavy atom. The van der Waals surface area contributed by atoms with Gasteiger partial charge in [0.25, 0.3) is 0 Å². The van der Waals surface area contributed by atoms with Crippen molar-refractivity contribution in [3.63, 3.8) is 0 Å². The summed E-state index contributed by atoms with van der Waals surface area (Å²) < 4.78 is 7.04. The number of tetrazole rings is 1. The molecule has 0 aliphatic carbocycles. The molecule has 1 heterocycles. The molecule has 6 heteroatoms. The van der Waals surface area contributed by atoms with E-state index in [0.717, 1.165) is 24.3 Å². The van der Waals surface area contributed by atoms with E-state index in [2.05, 4.69) is 34.7 Å². The third-order valence-corrected chi connectivity index (χ3v) is 3.09. The monoisotopic (exact) mass is 261 g/mol. The molecule has 2 rings (SSSR count). The Bertz CT molecular complexity index is 510. The SMILES string of the molecule is COC(C)(C)CCNc1ccccc1-n1cnnn1. The molecule has 1 aromatic heterocycles. The first-order valence-electron chi connectivity index (χ1n) is 6.24. The number of nitrogens with zero attached hydrogens (tertiary/aromatic N) is 4. The van der Waals surface area contributed by atoms with Gasteiger partial charge in [0, 0.05) is 13.7 Å². The summed E-state index contributed by atoms with van der Waals surface area (Å²) in [6, 6.07) is 7.93. The molecule has 0 aliphatic rings. The Labute approximate surface area is 112 Å². The van der Waals surface area contributed by atoms with Crippen LogP contribution in [0.3, 0.4) is 0 Å². The number of anilines is 1. The molecular weight excluding hydrogens is 242 g/mol. The summed E-state index contributed by atoms with van der Waals surface area (Å²) in [5.74, 6) is 0. The molecule has 0 fully saturated rings. The second-order valence-electron chi connectivity index (χ2n) is 4.91. The van der Waals surface area contributed by atoms with Crippen LogP contribution in [-0.4, -0.2) is 39.5 Å². The van der Waals surface area contributed by atoms with Crippen LogP contribution in [0.4, 0.5) is 5.69 Å². The van der Waals surface area contributed by atoms with Crippen molar-refractivity contribution in [2.75, 3.05) is 19.0 Å². The van der Waals surface area contributed by atoms with Crippen LogP contribution in [0, 0.1) is 0 Å². The number of hydrogen-bond acceptors (Lipinski definition) is 5. The lowest BCUT2D eigenvalue weighted by Gasteiger charge is -2.23. The number of methoxy groups -OCH3 is 1. The lowest BCUT2D eigenvalue weighted by Crippen LogP contribution is -2.26. The van der Waals surface area contributed by atoms with Crippen molar-refractivity contribution in [1.29, 1.82) is 0 Å². The van der Waals surface area contributed by atoms with Crippen molar-refractivity contribution in [3.8, 4) is 5.69 Å². The molecule has 6 nitrogen and oxygen atoms in total. The zero-order valence-electron chi connectivity index (χ0n) is 11.5. The van der Waals surface area contributed by atoms with Crippen LogP contribution in [-0.2, 0) is 4.74 Å². The van der Waals surface area contributed by atoms with Crippen LogP contribution < -0.4 is 5.32 Å². The van der Waals surface area contributed by atoms with Gasteiger partial charge in [-0.05, 0) is 42.8 Å². The highest BCUT2D eigenvalue weighted by Crippen LogP contribution is 2.19. The lowest BCUT2D eigenvalue weighted by atomic mass is 10.1. The zero-order valence-corrected chi connectivity index (χ0v) is 11.5. The van der Waals surface area contributed by atoms with Gasteiger partial charge < -0.3 is 10.1 Å². The van der Waals surface area contributed by atoms with Crippen LogP contribution in [0.15, 0.2) is 30.6 Å². The molecule has 0 spiro atoms. The van der Waals surface area contributed by atoms with Gasteiger partial charge >= 0.3 is 0 Å². The van der Waals surface area contributed by atoms with Crippen LogP contribution in [0.5, 0.6) is 0 Å². The van der Waals surface area contributed by atoms with E-state index in [9.17, 15) is 0 Å². The number of benzene rings is 1. The molecule has 1 N–H and O–H groups in total. The quantitative estimate of drug-likeness (QED) is 0.860. The van der Waals surface area contributed by atoms with Gasteiger partial charge in [-0.15, -0.1) is 5.10 Å². The van der Waals surface area contributed by atoms with Crippen molar-refractivity contribution >= 4 is 5.69 Å². The van der Waals surface area contributed by atoms with E-state index < -0.39 is 0 Å². The highest BCUT2D eigenvalue weighted by Gasteiger charge is 2.15. The van der Waals surface area contributed by atoms with Gasteiger partial charge in [0.2, 0.25) is 0 Å². The Hall–Kier alpha value is -1.95. The number of para-hydroxylation sites is 2. The molecule has 0 saturated carbocycles. The van der Waals surface area contributed by atoms with Crippen molar-refractivity contribution < 1.29 is 4.74 Å². The van der Waals surface area contributed by atoms with Gasteiger partial charge in [0.05, 0.1) is 17.0 Å². The van der Waals surface area contributed by atoms with Gasteiger partial charge in [-0.1, -0.05) is 12.1 Å². The average Bonchev–Trinajstić information content (AvgIpc) is 2.93. The van der Waals surface area contributed by atoms with E-state index in [0.29, 0.717) is 0 Å². The lowest BCUT2D eigenvalue weighted by molar-refractivity contribution is 0.0185. The summed E-state index contributed by atoms with van der Waals surface area (Å²) in [4.78, 5) is 0. The maximum absolute atomic E-state index is 5.40. The topological polar surface area (TPSA) is 64.9 Å². The predicted molar refractivity (Wildman–Crippen MR) is 73.3 cm³/mol. The average molecular weight is 261 g/mol. The normalized spacial score (nSPS) is 11.5. The maximum Gasteiger partial charge on any atom is 0.143 e. The summed E-state index contributed by atoms with van der Waals surface area (Å²) in [5, 5.41) is 14.6. The van der Waals surface area contributed by atoms with Crippen molar-refractivity contribution in [3.05, 3.63) is 30.6 Å². The van der Waals surface area contributed by atoms with Crippen molar-refractivity contribution in [1.82, 2.24) is 20.2 Å². The van der Waals surface area contributed by atoms with Crippen LogP contribution in [0.1, 0.15) is 20.3 Å². The smallest absolute Gasteiger partial charge is 0.143 e. The summed E-state index contributed by atoms with van der Waals surface area (Å²) >= 11 is 0. The van der Waals surface area contributed by atoms with E-state index in [-0.39, 0.29) is 5.60 Å². The van der Waals surface area contributed by atoms with E-state index in [1.807, 2.05) is 24.3 Å². The Balaban J connectivity index is 2.05. The fraction of sp³-hybridized carbons (Fsp3) is 0.462. The molecule has 0 saturated heterocycles. The maximum atomic E-state index is 5.40. The van der Waals surface area contributed by atoms with Crippen molar-refractivity contribution in [2.45, 2.75) is 25.9 Å². The van der Waals surface area contributed by atoms with Gasteiger partial charge in [0.15, 0.2) is 0 Å². The second kappa shape index (κ2) is 5.79. The summed E-state index contributed by atoms with van der Waals surface area (Å²) in [7, 11) is 1.73. The molecule has 0 atom stereocenters. The largest absolute Gasteiger partial charge is 0.383 e. The van der Waals surface area contributed by atoms with Gasteiger partial charge in [-0.2, -0.15) is 4.68 Å². The molecule has 19 heavy (non-hydrogen) atoms. The standard InChI is InChI=1S/C13H19N5O/c1-13(2,19-3)8-9-14-11-6-4-5-7-12(11)18-10-15-16-17-18/h4-7,10,14H,8-9H2,1-3H3. The van der Waals surface area contributed by atoms with Crippen LogP contribution in [0.25, 0.3) is 5.69 Å². The molecule has 102 valence electrons. The van der Waals surface area contributed by atoms with E-state index >= 15 is 0 Å². The third-order valence-electron chi connectivity index (χ3n) is 3.09. The Kier molecular flexibility index (Phi) is 4.11. The van der Waals surface area contributed by atoms with E-state index in [4.69, 9.17) is 4.74 Å². The first-order valence-corrected chi connectivity index (χ1v) is 6.24. The highest BCUT2D eigenvalue weighted by molar-refractivity contribution is 5.60. The Morgan fingerprint density at radius 2 is 2.11 bits per heavy atom. The second-order valence-corrected chi connectivity index (χ2v) is 4.91. The minimum Gasteiger partial charge on any atom is -0.383 e. The van der Waals surface area contributed by atoms with Crippen LogP contribution in [0.2, 0.25) is 0 Å². The molecule has 0 unspecified atom stereocenters. The molecular formula is C13H19N5O. The number of ether oxygens (including phenoxy) is 1. The minimum atomic E-state index is -0.128. The fourth-order valence-corrected chi connectivity index (χ4v) is 1.69. The number of nitrogens with one attached hydrogen (secondary N) is 1. The molecule has 0 aliphatic heterocycles. The zero-order chi connectivity index (χ0) is 13.7. The van der Waals surface area contributed by atoms with Gasteiger partial charge in [-0.25, -0.2) is 0 Å². The fourth-order valence-electron chi connectivity index (χ4n) is 1.69. The van der Waals surface area contributed by atoms with E-state index in [1.54, 1.807) is 18.1 Å². The molecule has 1 aromatic carbocycles. The predicted octanol–water partition coefficient (Wildman–Crippen LogP) is 1.89. The first-order chi connectivity index (χ1) is 9.12. The van der Waals surface area contributed by atoms with Crippen LogP contribution >= 0.6 is 0 Å². The Morgan fingerprint density at radius 3 is 2.79 bits per heavy atom. The molecule has 0 radical (unpaired) electrons. The number of hydrogen-bond donors (Lipinski definition) is 1. The number of rotatable bonds is 6. The first kappa shape index (κ1) is 13.5. The van der Waals surface area contributed by atoms with Gasteiger partial charge in [0.1, 0.15) is 6.33 Å². The summed E-state index contributed by atoms with van der Waals surface area (Å²) in [6.07, 6.45) is 2.49. The minimum absolute atomic E-state index is 0.128. The molecule has 0 amide bonds. The van der Waals surface area contributed by atoms with Crippen molar-refractivity contribution in [2.24, 2.45) is 0 Å². The number of aromatic nitrogens is 4. The third kappa shape index (κ3) is 3.51. The van der Waals surface area contributed by atoms with E-state index in [1.165, 1.54) is 0 Å². The molecule has 0 bridgehead atoms.